The third kappa shape index (κ3) is 3.98. The normalized spacial score (nSPS) is 18.1. The lowest BCUT2D eigenvalue weighted by atomic mass is 10.1. The molecule has 5 heteroatoms. The number of halogens is 1. The molecule has 3 nitrogen and oxygen atoms in total. The molecule has 0 spiro atoms. The number of benzene rings is 1. The predicted molar refractivity (Wildman–Crippen MR) is 85.4 cm³/mol. The zero-order valence-electron chi connectivity index (χ0n) is 11.4. The van der Waals surface area contributed by atoms with E-state index in [1.165, 1.54) is 0 Å². The van der Waals surface area contributed by atoms with Crippen molar-refractivity contribution in [1.29, 1.82) is 0 Å². The van der Waals surface area contributed by atoms with Gasteiger partial charge in [-0.3, -0.25) is 4.99 Å². The molecular weight excluding hydrogens is 278 g/mol. The van der Waals surface area contributed by atoms with Gasteiger partial charge in [-0.15, -0.1) is 0 Å². The van der Waals surface area contributed by atoms with Crippen molar-refractivity contribution in [3.63, 3.8) is 0 Å². The van der Waals surface area contributed by atoms with Crippen LogP contribution in [0.2, 0.25) is 5.02 Å². The van der Waals surface area contributed by atoms with E-state index in [0.29, 0.717) is 5.92 Å². The largest absolute Gasteiger partial charge is 0.261 e. The number of rotatable bonds is 3. The van der Waals surface area contributed by atoms with Gasteiger partial charge in [-0.25, -0.2) is 5.01 Å². The fourth-order valence-electron chi connectivity index (χ4n) is 1.70. The maximum Gasteiger partial charge on any atom is 0.179 e. The van der Waals surface area contributed by atoms with Crippen LogP contribution in [0, 0.1) is 5.92 Å². The molecule has 0 aliphatic carbocycles. The lowest BCUT2D eigenvalue weighted by Crippen LogP contribution is -2.28. The van der Waals surface area contributed by atoms with Gasteiger partial charge in [0.1, 0.15) is 0 Å². The number of hydrogen-bond donors (Lipinski definition) is 0. The van der Waals surface area contributed by atoms with Crippen molar-refractivity contribution in [2.75, 3.05) is 19.3 Å². The van der Waals surface area contributed by atoms with Gasteiger partial charge in [0.2, 0.25) is 0 Å². The van der Waals surface area contributed by atoms with Gasteiger partial charge in [-0.05, 0) is 18.1 Å². The molecule has 1 aliphatic rings. The molecule has 19 heavy (non-hydrogen) atoms. The molecule has 0 saturated heterocycles. The molecule has 102 valence electrons. The quantitative estimate of drug-likeness (QED) is 0.850. The summed E-state index contributed by atoms with van der Waals surface area (Å²) >= 11 is 7.74. The van der Waals surface area contributed by atoms with Crippen LogP contribution in [0.25, 0.3) is 0 Å². The standard InChI is InChI=1S/C14H18ClN3S/c1-10(2)8-16-14-18(3)17-13(9-19-14)11-5-4-6-12(15)7-11/h4-7,10H,8-9H2,1-3H3. The van der Waals surface area contributed by atoms with Gasteiger partial charge in [0, 0.05) is 29.9 Å². The zero-order chi connectivity index (χ0) is 13.8. The average molecular weight is 296 g/mol. The topological polar surface area (TPSA) is 28.0 Å². The third-order valence-electron chi connectivity index (χ3n) is 2.64. The van der Waals surface area contributed by atoms with Gasteiger partial charge >= 0.3 is 0 Å². The van der Waals surface area contributed by atoms with Crippen LogP contribution in [-0.4, -0.2) is 35.2 Å². The molecule has 0 N–H and O–H groups in total. The van der Waals surface area contributed by atoms with E-state index in [9.17, 15) is 0 Å². The summed E-state index contributed by atoms with van der Waals surface area (Å²) < 4.78 is 0. The predicted octanol–water partition coefficient (Wildman–Crippen LogP) is 3.73. The fourth-order valence-corrected chi connectivity index (χ4v) is 2.77. The SMILES string of the molecule is CC(C)CN=C1SCC(c2cccc(Cl)c2)=NN1C. The highest BCUT2D eigenvalue weighted by Gasteiger charge is 2.17. The minimum Gasteiger partial charge on any atom is -0.261 e. The van der Waals surface area contributed by atoms with Crippen LogP contribution in [-0.2, 0) is 0 Å². The second kappa shape index (κ2) is 6.44. The van der Waals surface area contributed by atoms with Crippen LogP contribution >= 0.6 is 23.4 Å². The Hall–Kier alpha value is -1.00. The molecule has 0 unspecified atom stereocenters. The first-order valence-electron chi connectivity index (χ1n) is 6.30. The molecule has 1 aromatic carbocycles. The van der Waals surface area contributed by atoms with E-state index in [1.54, 1.807) is 11.8 Å². The molecule has 0 saturated carbocycles. The van der Waals surface area contributed by atoms with Crippen molar-refractivity contribution in [3.8, 4) is 0 Å². The molecular formula is C14H18ClN3S. The number of amidine groups is 1. The van der Waals surface area contributed by atoms with Gasteiger partial charge in [0.25, 0.3) is 0 Å². The molecule has 0 aromatic heterocycles. The molecule has 0 atom stereocenters. The lowest BCUT2D eigenvalue weighted by molar-refractivity contribution is 0.545. The summed E-state index contributed by atoms with van der Waals surface area (Å²) in [5.41, 5.74) is 2.12. The summed E-state index contributed by atoms with van der Waals surface area (Å²) in [6.07, 6.45) is 0. The minimum atomic E-state index is 0.569. The van der Waals surface area contributed by atoms with Gasteiger partial charge in [0.05, 0.1) is 5.71 Å². The Balaban J connectivity index is 2.15. The Morgan fingerprint density at radius 2 is 2.26 bits per heavy atom. The highest BCUT2D eigenvalue weighted by Crippen LogP contribution is 2.20. The Labute approximate surface area is 123 Å². The summed E-state index contributed by atoms with van der Waals surface area (Å²) in [5.74, 6) is 1.40. The van der Waals surface area contributed by atoms with Gasteiger partial charge < -0.3 is 0 Å². The van der Waals surface area contributed by atoms with Crippen molar-refractivity contribution in [2.24, 2.45) is 16.0 Å². The van der Waals surface area contributed by atoms with E-state index in [0.717, 1.165) is 33.8 Å². The number of nitrogens with zero attached hydrogens (tertiary/aromatic N) is 3. The van der Waals surface area contributed by atoms with Crippen LogP contribution in [0.5, 0.6) is 0 Å². The maximum absolute atomic E-state index is 6.01. The average Bonchev–Trinajstić information content (AvgIpc) is 2.37. The third-order valence-corrected chi connectivity index (χ3v) is 3.94. The highest BCUT2D eigenvalue weighted by atomic mass is 35.5. The number of hydrazone groups is 1. The van der Waals surface area contributed by atoms with E-state index in [-0.39, 0.29) is 0 Å². The summed E-state index contributed by atoms with van der Waals surface area (Å²) in [6, 6.07) is 7.81. The van der Waals surface area contributed by atoms with Crippen LogP contribution in [0.4, 0.5) is 0 Å². The fraction of sp³-hybridized carbons (Fsp3) is 0.429. The van der Waals surface area contributed by atoms with Gasteiger partial charge in [0.15, 0.2) is 5.17 Å². The summed E-state index contributed by atoms with van der Waals surface area (Å²) in [7, 11) is 1.94. The number of hydrogen-bond acceptors (Lipinski definition) is 3. The molecule has 2 rings (SSSR count). The van der Waals surface area contributed by atoms with Crippen LogP contribution in [0.1, 0.15) is 19.4 Å². The molecule has 1 aliphatic heterocycles. The summed E-state index contributed by atoms with van der Waals surface area (Å²) in [6.45, 7) is 5.17. The Morgan fingerprint density at radius 1 is 1.47 bits per heavy atom. The highest BCUT2D eigenvalue weighted by molar-refractivity contribution is 8.14. The molecule has 0 amide bonds. The molecule has 0 fully saturated rings. The molecule has 0 bridgehead atoms. The molecule has 1 heterocycles. The van der Waals surface area contributed by atoms with Gasteiger partial charge in [-0.1, -0.05) is 49.3 Å². The molecule has 1 aromatic rings. The first-order chi connectivity index (χ1) is 9.06. The van der Waals surface area contributed by atoms with Crippen molar-refractivity contribution >= 4 is 34.2 Å². The second-order valence-electron chi connectivity index (χ2n) is 4.89. The number of thioether (sulfide) groups is 1. The smallest absolute Gasteiger partial charge is 0.179 e. The first-order valence-corrected chi connectivity index (χ1v) is 7.67. The molecule has 0 radical (unpaired) electrons. The van der Waals surface area contributed by atoms with E-state index < -0.39 is 0 Å². The van der Waals surface area contributed by atoms with E-state index in [1.807, 2.05) is 36.3 Å². The van der Waals surface area contributed by atoms with Crippen molar-refractivity contribution in [1.82, 2.24) is 5.01 Å². The van der Waals surface area contributed by atoms with Crippen LogP contribution in [0.3, 0.4) is 0 Å². The monoisotopic (exact) mass is 295 g/mol. The van der Waals surface area contributed by atoms with Crippen LogP contribution in [0.15, 0.2) is 34.4 Å². The Morgan fingerprint density at radius 3 is 2.89 bits per heavy atom. The maximum atomic E-state index is 6.01. The van der Waals surface area contributed by atoms with E-state index >= 15 is 0 Å². The van der Waals surface area contributed by atoms with Crippen molar-refractivity contribution < 1.29 is 0 Å². The first kappa shape index (κ1) is 14.4. The second-order valence-corrected chi connectivity index (χ2v) is 6.27. The van der Waals surface area contributed by atoms with Crippen molar-refractivity contribution in [3.05, 3.63) is 34.9 Å². The lowest BCUT2D eigenvalue weighted by Gasteiger charge is -2.23. The van der Waals surface area contributed by atoms with E-state index in [4.69, 9.17) is 11.6 Å². The zero-order valence-corrected chi connectivity index (χ0v) is 13.0. The Kier molecular flexibility index (Phi) is 4.88. The number of aliphatic imine (C=N–C) groups is 1. The van der Waals surface area contributed by atoms with Gasteiger partial charge in [-0.2, -0.15) is 5.10 Å². The Bertz CT molecular complexity index is 511. The summed E-state index contributed by atoms with van der Waals surface area (Å²) in [4.78, 5) is 4.58. The minimum absolute atomic E-state index is 0.569. The summed E-state index contributed by atoms with van der Waals surface area (Å²) in [5, 5.41) is 8.17. The van der Waals surface area contributed by atoms with Crippen molar-refractivity contribution in [2.45, 2.75) is 13.8 Å². The van der Waals surface area contributed by atoms with Crippen LogP contribution < -0.4 is 0 Å². The van der Waals surface area contributed by atoms with E-state index in [2.05, 4.69) is 23.9 Å².